The van der Waals surface area contributed by atoms with E-state index in [4.69, 9.17) is 0 Å². The molecule has 5 amide bonds. The number of hydrogen-bond acceptors (Lipinski definition) is 5. The average Bonchev–Trinajstić information content (AvgIpc) is 2.90. The zero-order valence-electron chi connectivity index (χ0n) is 16.3. The van der Waals surface area contributed by atoms with E-state index in [2.05, 4.69) is 11.4 Å². The number of carbonyl (C=O) groups excluding carboxylic acids is 5. The number of hydrogen-bond donors (Lipinski definition) is 1. The Morgan fingerprint density at radius 3 is 2.52 bits per heavy atom. The minimum atomic E-state index is -1.000. The van der Waals surface area contributed by atoms with Crippen LogP contribution in [0.1, 0.15) is 49.4 Å². The maximum absolute atomic E-state index is 12.5. The predicted octanol–water partition coefficient (Wildman–Crippen LogP) is 2.51. The quantitative estimate of drug-likeness (QED) is 0.329. The number of nitrogens with one attached hydrogen (secondary N) is 1. The summed E-state index contributed by atoms with van der Waals surface area (Å²) in [6.07, 6.45) is 6.83. The molecular weight excluding hydrogens is 374 g/mol. The van der Waals surface area contributed by atoms with Crippen LogP contribution >= 0.6 is 0 Å². The van der Waals surface area contributed by atoms with Crippen molar-refractivity contribution in [3.8, 4) is 0 Å². The number of imide groups is 2. The van der Waals surface area contributed by atoms with Crippen LogP contribution in [-0.2, 0) is 14.4 Å². The van der Waals surface area contributed by atoms with E-state index >= 15 is 0 Å². The predicted molar refractivity (Wildman–Crippen MR) is 105 cm³/mol. The lowest BCUT2D eigenvalue weighted by Gasteiger charge is -2.17. The molecular formula is C21H23N3O5. The van der Waals surface area contributed by atoms with E-state index in [0.29, 0.717) is 22.6 Å². The van der Waals surface area contributed by atoms with Gasteiger partial charge in [0.15, 0.2) is 5.78 Å². The summed E-state index contributed by atoms with van der Waals surface area (Å²) < 4.78 is 0. The minimum absolute atomic E-state index is 0.133. The number of ketones is 1. The van der Waals surface area contributed by atoms with Crippen LogP contribution in [0.3, 0.4) is 0 Å². The number of allylic oxidation sites excluding steroid dienone is 1. The number of rotatable bonds is 7. The van der Waals surface area contributed by atoms with Crippen molar-refractivity contribution in [2.75, 3.05) is 18.4 Å². The van der Waals surface area contributed by atoms with Crippen molar-refractivity contribution in [1.29, 1.82) is 0 Å². The number of benzene rings is 1. The molecule has 0 unspecified atom stereocenters. The fourth-order valence-corrected chi connectivity index (χ4v) is 3.43. The normalized spacial score (nSPS) is 16.9. The van der Waals surface area contributed by atoms with Gasteiger partial charge in [-0.15, -0.1) is 0 Å². The molecule has 1 aliphatic carbocycles. The Hall–Kier alpha value is -3.29. The minimum Gasteiger partial charge on any atom is -0.325 e. The van der Waals surface area contributed by atoms with Crippen LogP contribution in [0.4, 0.5) is 10.5 Å². The molecule has 0 spiro atoms. The summed E-state index contributed by atoms with van der Waals surface area (Å²) >= 11 is 0. The van der Waals surface area contributed by atoms with Crippen LogP contribution in [0.2, 0.25) is 0 Å². The third-order valence-corrected chi connectivity index (χ3v) is 5.03. The molecule has 152 valence electrons. The molecule has 0 saturated carbocycles. The molecule has 2 aliphatic rings. The zero-order chi connectivity index (χ0) is 21.0. The van der Waals surface area contributed by atoms with Gasteiger partial charge in [0.25, 0.3) is 0 Å². The van der Waals surface area contributed by atoms with Crippen molar-refractivity contribution in [3.63, 3.8) is 0 Å². The molecule has 0 radical (unpaired) electrons. The van der Waals surface area contributed by atoms with Crippen molar-refractivity contribution in [1.82, 2.24) is 9.80 Å². The first-order valence-corrected chi connectivity index (χ1v) is 9.63. The fraction of sp³-hybridized carbons (Fsp3) is 0.381. The van der Waals surface area contributed by atoms with Crippen molar-refractivity contribution in [2.45, 2.75) is 39.0 Å². The Balaban J connectivity index is 1.60. The Labute approximate surface area is 168 Å². The smallest absolute Gasteiger partial charge is 0.325 e. The third kappa shape index (κ3) is 4.77. The number of anilines is 1. The first-order valence-electron chi connectivity index (χ1n) is 9.63. The first-order chi connectivity index (χ1) is 13.9. The maximum atomic E-state index is 12.5. The van der Waals surface area contributed by atoms with Crippen LogP contribution < -0.4 is 5.32 Å². The Bertz CT molecular complexity index is 905. The zero-order valence-corrected chi connectivity index (χ0v) is 16.3. The Morgan fingerprint density at radius 2 is 1.83 bits per heavy atom. The van der Waals surface area contributed by atoms with E-state index in [0.717, 1.165) is 30.6 Å². The Morgan fingerprint density at radius 1 is 1.07 bits per heavy atom. The van der Waals surface area contributed by atoms with Gasteiger partial charge in [-0.1, -0.05) is 23.8 Å². The molecule has 1 saturated heterocycles. The standard InChI is InChI=1S/C21H23N3O5/c1-14(25)16-8-5-9-17(12-16)22-18(26)13-24-20(28)19(27)23(21(24)29)11-10-15-6-3-2-4-7-15/h5-6,8-9,12H,2-4,7,10-11,13H2,1H3,(H,22,26). The van der Waals surface area contributed by atoms with E-state index in [1.807, 2.05) is 0 Å². The highest BCUT2D eigenvalue weighted by Gasteiger charge is 2.44. The number of carbonyl (C=O) groups is 5. The highest BCUT2D eigenvalue weighted by atomic mass is 16.2. The summed E-state index contributed by atoms with van der Waals surface area (Å²) in [6.45, 7) is 0.979. The van der Waals surface area contributed by atoms with Gasteiger partial charge in [-0.25, -0.2) is 9.69 Å². The molecule has 8 heteroatoms. The second kappa shape index (κ2) is 8.81. The largest absolute Gasteiger partial charge is 0.334 e. The summed E-state index contributed by atoms with van der Waals surface area (Å²) in [5, 5.41) is 2.54. The number of amides is 5. The summed E-state index contributed by atoms with van der Waals surface area (Å²) in [4.78, 5) is 62.1. The van der Waals surface area contributed by atoms with E-state index in [-0.39, 0.29) is 12.3 Å². The molecule has 1 aliphatic heterocycles. The number of urea groups is 1. The summed E-state index contributed by atoms with van der Waals surface area (Å²) in [5.41, 5.74) is 1.98. The van der Waals surface area contributed by atoms with Gasteiger partial charge in [0.1, 0.15) is 6.54 Å². The molecule has 1 aromatic carbocycles. The van der Waals surface area contributed by atoms with Crippen molar-refractivity contribution >= 4 is 35.2 Å². The van der Waals surface area contributed by atoms with Gasteiger partial charge in [0.2, 0.25) is 5.91 Å². The van der Waals surface area contributed by atoms with Crippen LogP contribution in [-0.4, -0.2) is 52.4 Å². The third-order valence-electron chi connectivity index (χ3n) is 5.03. The SMILES string of the molecule is CC(=O)c1cccc(NC(=O)CN2C(=O)C(=O)N(CCC3=CCCCC3)C2=O)c1. The van der Waals surface area contributed by atoms with Crippen LogP contribution in [0.25, 0.3) is 0 Å². The first kappa shape index (κ1) is 20.4. The molecule has 3 rings (SSSR count). The van der Waals surface area contributed by atoms with Crippen molar-refractivity contribution in [2.24, 2.45) is 0 Å². The summed E-state index contributed by atoms with van der Waals surface area (Å²) in [7, 11) is 0. The van der Waals surface area contributed by atoms with Crippen LogP contribution in [0, 0.1) is 0 Å². The maximum Gasteiger partial charge on any atom is 0.334 e. The number of Topliss-reactive ketones (excluding diaryl/α,β-unsaturated/α-hetero) is 1. The van der Waals surface area contributed by atoms with Crippen LogP contribution in [0.5, 0.6) is 0 Å². The molecule has 1 fully saturated rings. The summed E-state index contributed by atoms with van der Waals surface area (Å²) in [5.74, 6) is -2.68. The second-order valence-electron chi connectivity index (χ2n) is 7.17. The lowest BCUT2D eigenvalue weighted by Crippen LogP contribution is -2.39. The molecule has 8 nitrogen and oxygen atoms in total. The molecule has 29 heavy (non-hydrogen) atoms. The van der Waals surface area contributed by atoms with Crippen LogP contribution in [0.15, 0.2) is 35.9 Å². The highest BCUT2D eigenvalue weighted by molar-refractivity contribution is 6.45. The van der Waals surface area contributed by atoms with Gasteiger partial charge in [-0.05, 0) is 51.2 Å². The average molecular weight is 397 g/mol. The van der Waals surface area contributed by atoms with Gasteiger partial charge >= 0.3 is 17.8 Å². The van der Waals surface area contributed by atoms with E-state index in [9.17, 15) is 24.0 Å². The van der Waals surface area contributed by atoms with E-state index in [1.54, 1.807) is 18.2 Å². The lowest BCUT2D eigenvalue weighted by atomic mass is 9.97. The topological polar surface area (TPSA) is 104 Å². The molecule has 1 heterocycles. The van der Waals surface area contributed by atoms with E-state index < -0.39 is 30.3 Å². The summed E-state index contributed by atoms with van der Waals surface area (Å²) in [6, 6.07) is 5.55. The molecule has 0 atom stereocenters. The molecule has 1 N–H and O–H groups in total. The van der Waals surface area contributed by atoms with Gasteiger partial charge in [0, 0.05) is 17.8 Å². The van der Waals surface area contributed by atoms with Gasteiger partial charge in [-0.3, -0.25) is 24.1 Å². The fourth-order valence-electron chi connectivity index (χ4n) is 3.43. The van der Waals surface area contributed by atoms with Crippen molar-refractivity contribution < 1.29 is 24.0 Å². The van der Waals surface area contributed by atoms with Crippen molar-refractivity contribution in [3.05, 3.63) is 41.5 Å². The second-order valence-corrected chi connectivity index (χ2v) is 7.17. The lowest BCUT2D eigenvalue weighted by molar-refractivity contribution is -0.143. The van der Waals surface area contributed by atoms with Gasteiger partial charge < -0.3 is 5.32 Å². The Kier molecular flexibility index (Phi) is 6.21. The number of nitrogens with zero attached hydrogens (tertiary/aromatic N) is 2. The highest BCUT2D eigenvalue weighted by Crippen LogP contribution is 2.22. The molecule has 0 aromatic heterocycles. The monoisotopic (exact) mass is 397 g/mol. The van der Waals surface area contributed by atoms with Gasteiger partial charge in [-0.2, -0.15) is 0 Å². The van der Waals surface area contributed by atoms with Gasteiger partial charge in [0.05, 0.1) is 0 Å². The van der Waals surface area contributed by atoms with E-state index in [1.165, 1.54) is 18.6 Å². The molecule has 1 aromatic rings. The molecule has 0 bridgehead atoms.